The molecule has 5 rings (SSSR count). The Morgan fingerprint density at radius 3 is 2.35 bits per heavy atom. The second-order valence-electron chi connectivity index (χ2n) is 6.28. The van der Waals surface area contributed by atoms with E-state index in [1.54, 1.807) is 0 Å². The summed E-state index contributed by atoms with van der Waals surface area (Å²) < 4.78 is 2.30. The summed E-state index contributed by atoms with van der Waals surface area (Å²) in [5, 5.41) is 8.21. The number of nitrogens with two attached hydrogens (primary N) is 1. The van der Waals surface area contributed by atoms with Crippen LogP contribution in [-0.2, 0) is 6.54 Å². The van der Waals surface area contributed by atoms with Gasteiger partial charge in [0.25, 0.3) is 0 Å². The van der Waals surface area contributed by atoms with Crippen LogP contribution in [0.5, 0.6) is 0 Å². The summed E-state index contributed by atoms with van der Waals surface area (Å²) in [5.41, 5.74) is 5.76. The number of rotatable bonds is 2. The van der Waals surface area contributed by atoms with Gasteiger partial charge in [0.2, 0.25) is 0 Å². The maximum Gasteiger partial charge on any atom is 0.146 e. The van der Waals surface area contributed by atoms with Crippen LogP contribution in [0.3, 0.4) is 0 Å². The Hall–Kier alpha value is -0.900. The second-order valence-corrected chi connectivity index (χ2v) is 6.28. The molecule has 4 nitrogen and oxygen atoms in total. The lowest BCUT2D eigenvalue weighted by Crippen LogP contribution is -2.46. The molecule has 4 bridgehead atoms. The fourth-order valence-corrected chi connectivity index (χ4v) is 5.01. The van der Waals surface area contributed by atoms with Crippen molar-refractivity contribution in [1.82, 2.24) is 14.8 Å². The van der Waals surface area contributed by atoms with E-state index in [0.29, 0.717) is 12.6 Å². The quantitative estimate of drug-likeness (QED) is 0.845. The smallest absolute Gasteiger partial charge is 0.146 e. The third kappa shape index (κ3) is 1.39. The van der Waals surface area contributed by atoms with E-state index >= 15 is 0 Å². The van der Waals surface area contributed by atoms with Crippen molar-refractivity contribution in [2.24, 2.45) is 29.4 Å². The molecule has 1 aromatic heterocycles. The van der Waals surface area contributed by atoms with E-state index in [0.717, 1.165) is 29.5 Å². The minimum atomic E-state index is 0.517. The van der Waals surface area contributed by atoms with E-state index in [2.05, 4.69) is 14.8 Å². The average Bonchev–Trinajstić information content (AvgIpc) is 2.75. The zero-order valence-corrected chi connectivity index (χ0v) is 10.1. The van der Waals surface area contributed by atoms with Gasteiger partial charge in [-0.1, -0.05) is 0 Å². The monoisotopic (exact) mass is 232 g/mol. The van der Waals surface area contributed by atoms with Crippen LogP contribution >= 0.6 is 0 Å². The van der Waals surface area contributed by atoms with Gasteiger partial charge in [-0.3, -0.25) is 0 Å². The highest BCUT2D eigenvalue weighted by atomic mass is 15.3. The standard InChI is InChI=1S/C13H20N4/c14-6-12-16-15-7-17(12)13-10-2-8-1-9(4-10)5-11(13)3-8/h7-11,13H,1-6,14H2. The molecule has 1 heterocycles. The molecule has 4 aliphatic rings. The van der Waals surface area contributed by atoms with Crippen molar-refractivity contribution in [3.05, 3.63) is 12.2 Å². The molecule has 4 saturated carbocycles. The lowest BCUT2D eigenvalue weighted by molar-refractivity contribution is -0.0302. The molecule has 0 spiro atoms. The van der Waals surface area contributed by atoms with Crippen LogP contribution in [0.2, 0.25) is 0 Å². The fraction of sp³-hybridized carbons (Fsp3) is 0.846. The predicted molar refractivity (Wildman–Crippen MR) is 64.0 cm³/mol. The van der Waals surface area contributed by atoms with Crippen LogP contribution in [-0.4, -0.2) is 14.8 Å². The molecular weight excluding hydrogens is 212 g/mol. The molecule has 1 aromatic rings. The Bertz CT molecular complexity index is 397. The molecule has 4 aliphatic carbocycles. The molecule has 4 heteroatoms. The molecule has 17 heavy (non-hydrogen) atoms. The van der Waals surface area contributed by atoms with Gasteiger partial charge in [0.15, 0.2) is 0 Å². The lowest BCUT2D eigenvalue weighted by Gasteiger charge is -2.54. The normalized spacial score (nSPS) is 43.2. The topological polar surface area (TPSA) is 56.7 Å². The van der Waals surface area contributed by atoms with Crippen LogP contribution in [0.4, 0.5) is 0 Å². The molecule has 4 fully saturated rings. The second kappa shape index (κ2) is 3.55. The van der Waals surface area contributed by atoms with Crippen LogP contribution < -0.4 is 5.73 Å². The van der Waals surface area contributed by atoms with Gasteiger partial charge in [-0.2, -0.15) is 0 Å². The third-order valence-electron chi connectivity index (χ3n) is 5.33. The van der Waals surface area contributed by atoms with Crippen molar-refractivity contribution in [2.75, 3.05) is 0 Å². The van der Waals surface area contributed by atoms with Crippen LogP contribution in [0.25, 0.3) is 0 Å². The summed E-state index contributed by atoms with van der Waals surface area (Å²) in [6.07, 6.45) is 9.14. The lowest BCUT2D eigenvalue weighted by atomic mass is 9.54. The molecule has 0 unspecified atom stereocenters. The Morgan fingerprint density at radius 2 is 1.76 bits per heavy atom. The summed E-state index contributed by atoms with van der Waals surface area (Å²) >= 11 is 0. The third-order valence-corrected chi connectivity index (χ3v) is 5.33. The maximum atomic E-state index is 5.76. The first-order chi connectivity index (χ1) is 8.35. The van der Waals surface area contributed by atoms with Crippen LogP contribution in [0, 0.1) is 23.7 Å². The van der Waals surface area contributed by atoms with Gasteiger partial charge in [0.1, 0.15) is 12.2 Å². The van der Waals surface area contributed by atoms with Crippen molar-refractivity contribution < 1.29 is 0 Å². The van der Waals surface area contributed by atoms with E-state index in [1.807, 2.05) is 6.33 Å². The predicted octanol–water partition coefficient (Wildman–Crippen LogP) is 1.73. The van der Waals surface area contributed by atoms with Gasteiger partial charge < -0.3 is 10.3 Å². The van der Waals surface area contributed by atoms with E-state index in [-0.39, 0.29) is 0 Å². The van der Waals surface area contributed by atoms with Crippen molar-refractivity contribution >= 4 is 0 Å². The van der Waals surface area contributed by atoms with E-state index < -0.39 is 0 Å². The first-order valence-corrected chi connectivity index (χ1v) is 6.93. The zero-order chi connectivity index (χ0) is 11.4. The number of aromatic nitrogens is 3. The van der Waals surface area contributed by atoms with Gasteiger partial charge in [0.05, 0.1) is 6.54 Å². The Balaban J connectivity index is 1.70. The summed E-state index contributed by atoms with van der Waals surface area (Å²) in [4.78, 5) is 0. The molecule has 0 atom stereocenters. The molecular formula is C13H20N4. The minimum absolute atomic E-state index is 0.517. The molecule has 0 amide bonds. The maximum absolute atomic E-state index is 5.76. The van der Waals surface area contributed by atoms with E-state index in [1.165, 1.54) is 32.1 Å². The van der Waals surface area contributed by atoms with E-state index in [4.69, 9.17) is 5.73 Å². The Labute approximate surface area is 102 Å². The van der Waals surface area contributed by atoms with Crippen LogP contribution in [0.15, 0.2) is 6.33 Å². The molecule has 0 radical (unpaired) electrons. The van der Waals surface area contributed by atoms with Crippen molar-refractivity contribution in [2.45, 2.75) is 44.7 Å². The Morgan fingerprint density at radius 1 is 1.12 bits per heavy atom. The molecule has 0 saturated heterocycles. The molecule has 92 valence electrons. The number of hydrogen-bond acceptors (Lipinski definition) is 3. The number of nitrogens with zero attached hydrogens (tertiary/aromatic N) is 3. The first kappa shape index (κ1) is 10.1. The van der Waals surface area contributed by atoms with Crippen molar-refractivity contribution in [3.63, 3.8) is 0 Å². The van der Waals surface area contributed by atoms with Crippen LogP contribution in [0.1, 0.15) is 44.0 Å². The summed E-state index contributed by atoms with van der Waals surface area (Å²) in [5.74, 6) is 4.75. The van der Waals surface area contributed by atoms with Crippen molar-refractivity contribution in [3.8, 4) is 0 Å². The van der Waals surface area contributed by atoms with E-state index in [9.17, 15) is 0 Å². The van der Waals surface area contributed by atoms with Gasteiger partial charge in [-0.05, 0) is 55.8 Å². The fourth-order valence-electron chi connectivity index (χ4n) is 5.01. The van der Waals surface area contributed by atoms with Gasteiger partial charge in [0, 0.05) is 6.04 Å². The highest BCUT2D eigenvalue weighted by molar-refractivity contribution is 5.03. The highest BCUT2D eigenvalue weighted by Crippen LogP contribution is 2.58. The summed E-state index contributed by atoms with van der Waals surface area (Å²) in [6.45, 7) is 0.517. The minimum Gasteiger partial charge on any atom is -0.324 e. The summed E-state index contributed by atoms with van der Waals surface area (Å²) in [7, 11) is 0. The average molecular weight is 232 g/mol. The largest absolute Gasteiger partial charge is 0.324 e. The number of hydrogen-bond donors (Lipinski definition) is 1. The zero-order valence-electron chi connectivity index (χ0n) is 10.1. The molecule has 0 aromatic carbocycles. The molecule has 2 N–H and O–H groups in total. The SMILES string of the molecule is NCc1nncn1C1C2CC3CC(C2)CC1C3. The molecule has 0 aliphatic heterocycles. The first-order valence-electron chi connectivity index (χ1n) is 6.93. The van der Waals surface area contributed by atoms with Gasteiger partial charge in [-0.25, -0.2) is 0 Å². The highest BCUT2D eigenvalue weighted by Gasteiger charge is 2.49. The van der Waals surface area contributed by atoms with Gasteiger partial charge >= 0.3 is 0 Å². The van der Waals surface area contributed by atoms with Gasteiger partial charge in [-0.15, -0.1) is 10.2 Å². The van der Waals surface area contributed by atoms with Crippen molar-refractivity contribution in [1.29, 1.82) is 0 Å². The Kier molecular flexibility index (Phi) is 2.10. The summed E-state index contributed by atoms with van der Waals surface area (Å²) in [6, 6.07) is 0.649.